The van der Waals surface area contributed by atoms with E-state index in [-0.39, 0.29) is 5.56 Å². The van der Waals surface area contributed by atoms with Crippen LogP contribution in [0.25, 0.3) is 10.2 Å². The van der Waals surface area contributed by atoms with Crippen molar-refractivity contribution in [3.63, 3.8) is 0 Å². The maximum atomic E-state index is 12.8. The molecule has 1 aliphatic carbocycles. The van der Waals surface area contributed by atoms with Crippen molar-refractivity contribution in [1.29, 1.82) is 0 Å². The van der Waals surface area contributed by atoms with Crippen molar-refractivity contribution in [1.82, 2.24) is 9.97 Å². The van der Waals surface area contributed by atoms with Crippen molar-refractivity contribution < 1.29 is 14.3 Å². The molecule has 1 N–H and O–H groups in total. The third-order valence-electron chi connectivity index (χ3n) is 5.16. The molecule has 6 nitrogen and oxygen atoms in total. The summed E-state index contributed by atoms with van der Waals surface area (Å²) in [4.78, 5) is 36.2. The van der Waals surface area contributed by atoms with Gasteiger partial charge in [0.15, 0.2) is 16.7 Å². The first-order valence-electron chi connectivity index (χ1n) is 10.4. The Morgan fingerprint density at radius 3 is 2.91 bits per heavy atom. The Balaban J connectivity index is 1.42. The number of aryl methyl sites for hydroxylation is 2. The van der Waals surface area contributed by atoms with Gasteiger partial charge in [-0.05, 0) is 67.8 Å². The molecule has 32 heavy (non-hydrogen) atoms. The number of nitrogens with zero attached hydrogens (tertiary/aromatic N) is 1. The van der Waals surface area contributed by atoms with Gasteiger partial charge in [0.2, 0.25) is 0 Å². The van der Waals surface area contributed by atoms with Crippen LogP contribution in [0.15, 0.2) is 50.6 Å². The average Bonchev–Trinajstić information content (AvgIpc) is 3.43. The summed E-state index contributed by atoms with van der Waals surface area (Å²) in [5.41, 5.74) is 1.10. The molecule has 0 amide bonds. The third kappa shape index (κ3) is 4.20. The number of esters is 1. The van der Waals surface area contributed by atoms with Crippen molar-refractivity contribution in [3.8, 4) is 11.5 Å². The first kappa shape index (κ1) is 21.2. The minimum absolute atomic E-state index is 0.0802. The Morgan fingerprint density at radius 1 is 1.22 bits per heavy atom. The van der Waals surface area contributed by atoms with Crippen molar-refractivity contribution in [2.24, 2.45) is 0 Å². The van der Waals surface area contributed by atoms with Crippen molar-refractivity contribution in [2.45, 2.75) is 42.7 Å². The number of benzene rings is 1. The van der Waals surface area contributed by atoms with Crippen LogP contribution >= 0.6 is 34.4 Å². The highest BCUT2D eigenvalue weighted by Gasteiger charge is 2.20. The fourth-order valence-electron chi connectivity index (χ4n) is 3.75. The van der Waals surface area contributed by atoms with Gasteiger partial charge in [-0.25, -0.2) is 9.78 Å². The van der Waals surface area contributed by atoms with Crippen LogP contribution < -0.4 is 15.0 Å². The smallest absolute Gasteiger partial charge is 0.353 e. The van der Waals surface area contributed by atoms with Crippen LogP contribution in [0.4, 0.5) is 0 Å². The fourth-order valence-corrected chi connectivity index (χ4v) is 6.48. The number of carbonyl (C=O) groups excluding carboxylic acids is 1. The highest BCUT2D eigenvalue weighted by molar-refractivity contribution is 7.99. The summed E-state index contributed by atoms with van der Waals surface area (Å²) >= 11 is 4.31. The Kier molecular flexibility index (Phi) is 6.03. The number of thiophene rings is 2. The lowest BCUT2D eigenvalue weighted by atomic mass is 9.97. The second-order valence-corrected chi connectivity index (χ2v) is 10.4. The van der Waals surface area contributed by atoms with Crippen LogP contribution in [-0.2, 0) is 12.8 Å². The summed E-state index contributed by atoms with van der Waals surface area (Å²) in [5.74, 6) is 0.411. The summed E-state index contributed by atoms with van der Waals surface area (Å²) in [7, 11) is 0. The molecule has 3 aromatic heterocycles. The van der Waals surface area contributed by atoms with Gasteiger partial charge in [-0.1, -0.05) is 17.8 Å². The molecular formula is C23H20N2O4S3. The third-order valence-corrected chi connectivity index (χ3v) is 8.07. The largest absolute Gasteiger partial charge is 0.490 e. The van der Waals surface area contributed by atoms with Gasteiger partial charge in [0, 0.05) is 9.77 Å². The number of aromatic nitrogens is 2. The Hall–Kier alpha value is -2.62. The van der Waals surface area contributed by atoms with Crippen LogP contribution in [0.2, 0.25) is 0 Å². The summed E-state index contributed by atoms with van der Waals surface area (Å²) in [6.07, 6.45) is 4.28. The SMILES string of the molecule is CCOc1cc(Sc2nc3sc4c(c3c(=O)[nH]2)CCCC4)ccc1OC(=O)c1cccs1. The number of H-pyrrole nitrogens is 1. The van der Waals surface area contributed by atoms with Crippen LogP contribution in [0.5, 0.6) is 11.5 Å². The van der Waals surface area contributed by atoms with Crippen molar-refractivity contribution >= 4 is 50.6 Å². The van der Waals surface area contributed by atoms with E-state index in [2.05, 4.69) is 4.98 Å². The molecule has 9 heteroatoms. The first-order valence-corrected chi connectivity index (χ1v) is 12.9. The normalized spacial score (nSPS) is 13.2. The van der Waals surface area contributed by atoms with E-state index in [0.717, 1.165) is 34.4 Å². The lowest BCUT2D eigenvalue weighted by Crippen LogP contribution is -2.10. The predicted molar refractivity (Wildman–Crippen MR) is 128 cm³/mol. The van der Waals surface area contributed by atoms with Crippen molar-refractivity contribution in [3.05, 3.63) is 61.4 Å². The number of fused-ring (bicyclic) bond motifs is 3. The van der Waals surface area contributed by atoms with E-state index in [1.807, 2.05) is 18.4 Å². The molecule has 1 aliphatic rings. The minimum Gasteiger partial charge on any atom is -0.490 e. The molecular weight excluding hydrogens is 464 g/mol. The number of ether oxygens (including phenoxy) is 2. The van der Waals surface area contributed by atoms with E-state index in [0.29, 0.717) is 28.1 Å². The van der Waals surface area contributed by atoms with E-state index in [9.17, 15) is 9.59 Å². The fraction of sp³-hybridized carbons (Fsp3) is 0.261. The standard InChI is InChI=1S/C23H20N2O4S3/c1-2-28-16-12-13(9-10-15(16)29-22(27)18-8-5-11-30-18)31-23-24-20(26)19-14-6-3-4-7-17(14)32-21(19)25-23/h5,8-12H,2-4,6-7H2,1H3,(H,24,25,26). The predicted octanol–water partition coefficient (Wildman–Crippen LogP) is 5.69. The van der Waals surface area contributed by atoms with Gasteiger partial charge in [-0.15, -0.1) is 22.7 Å². The summed E-state index contributed by atoms with van der Waals surface area (Å²) in [6.45, 7) is 2.30. The molecule has 0 saturated carbocycles. The molecule has 164 valence electrons. The van der Waals surface area contributed by atoms with Crippen LogP contribution in [-0.4, -0.2) is 22.5 Å². The molecule has 0 bridgehead atoms. The highest BCUT2D eigenvalue weighted by Crippen LogP contribution is 2.37. The Morgan fingerprint density at radius 2 is 2.09 bits per heavy atom. The highest BCUT2D eigenvalue weighted by atomic mass is 32.2. The van der Waals surface area contributed by atoms with Crippen LogP contribution in [0, 0.1) is 0 Å². The monoisotopic (exact) mass is 484 g/mol. The van der Waals surface area contributed by atoms with E-state index < -0.39 is 5.97 Å². The zero-order chi connectivity index (χ0) is 22.1. The average molecular weight is 485 g/mol. The quantitative estimate of drug-likeness (QED) is 0.215. The van der Waals surface area contributed by atoms with E-state index in [1.165, 1.54) is 40.0 Å². The van der Waals surface area contributed by atoms with Gasteiger partial charge in [-0.2, -0.15) is 0 Å². The number of hydrogen-bond acceptors (Lipinski definition) is 8. The van der Waals surface area contributed by atoms with Crippen molar-refractivity contribution in [2.75, 3.05) is 6.61 Å². The maximum absolute atomic E-state index is 12.8. The lowest BCUT2D eigenvalue weighted by molar-refractivity contribution is 0.0733. The Labute approximate surface area is 196 Å². The molecule has 0 radical (unpaired) electrons. The number of rotatable bonds is 6. The van der Waals surface area contributed by atoms with Gasteiger partial charge in [-0.3, -0.25) is 4.79 Å². The van der Waals surface area contributed by atoms with E-state index >= 15 is 0 Å². The number of carbonyl (C=O) groups is 1. The molecule has 0 saturated heterocycles. The minimum atomic E-state index is -0.417. The van der Waals surface area contributed by atoms with Gasteiger partial charge in [0.25, 0.3) is 5.56 Å². The number of aromatic amines is 1. The molecule has 5 rings (SSSR count). The zero-order valence-corrected chi connectivity index (χ0v) is 19.8. The topological polar surface area (TPSA) is 81.3 Å². The molecule has 4 aromatic rings. The summed E-state index contributed by atoms with van der Waals surface area (Å²) in [5, 5.41) is 3.11. The Bertz CT molecular complexity index is 1340. The van der Waals surface area contributed by atoms with Crippen LogP contribution in [0.1, 0.15) is 39.9 Å². The second-order valence-electron chi connectivity index (χ2n) is 7.27. The van der Waals surface area contributed by atoms with Gasteiger partial charge >= 0.3 is 5.97 Å². The zero-order valence-electron chi connectivity index (χ0n) is 17.3. The molecule has 0 fully saturated rings. The summed E-state index contributed by atoms with van der Waals surface area (Å²) < 4.78 is 11.2. The molecule has 1 aromatic carbocycles. The second kappa shape index (κ2) is 9.09. The molecule has 0 spiro atoms. The number of hydrogen-bond donors (Lipinski definition) is 1. The van der Waals surface area contributed by atoms with E-state index in [4.69, 9.17) is 14.5 Å². The van der Waals surface area contributed by atoms with Crippen LogP contribution in [0.3, 0.4) is 0 Å². The lowest BCUT2D eigenvalue weighted by Gasteiger charge is -2.12. The summed E-state index contributed by atoms with van der Waals surface area (Å²) in [6, 6.07) is 8.86. The number of nitrogens with one attached hydrogen (secondary N) is 1. The van der Waals surface area contributed by atoms with Gasteiger partial charge in [0.1, 0.15) is 9.71 Å². The molecule has 0 atom stereocenters. The van der Waals surface area contributed by atoms with Gasteiger partial charge in [0.05, 0.1) is 12.0 Å². The molecule has 3 heterocycles. The molecule has 0 aliphatic heterocycles. The maximum Gasteiger partial charge on any atom is 0.353 e. The first-order chi connectivity index (χ1) is 15.6. The van der Waals surface area contributed by atoms with Gasteiger partial charge < -0.3 is 14.5 Å². The van der Waals surface area contributed by atoms with E-state index in [1.54, 1.807) is 35.6 Å². The molecule has 0 unspecified atom stereocenters.